The number of carbonyl (C=O) groups excluding carboxylic acids is 1. The fourth-order valence-corrected chi connectivity index (χ4v) is 2.56. The lowest BCUT2D eigenvalue weighted by molar-refractivity contribution is -0.143. The Morgan fingerprint density at radius 3 is 2.68 bits per heavy atom. The van der Waals surface area contributed by atoms with Gasteiger partial charge in [0.05, 0.1) is 13.0 Å². The van der Waals surface area contributed by atoms with E-state index in [1.54, 1.807) is 31.1 Å². The fraction of sp³-hybridized carbons (Fsp3) is 0.474. The number of benzene rings is 1. The predicted octanol–water partition coefficient (Wildman–Crippen LogP) is 2.51. The van der Waals surface area contributed by atoms with Crippen molar-refractivity contribution in [2.24, 2.45) is 5.92 Å². The molecule has 2 rings (SSSR count). The minimum atomic E-state index is -0.904. The van der Waals surface area contributed by atoms with Gasteiger partial charge < -0.3 is 19.5 Å². The van der Waals surface area contributed by atoms with Gasteiger partial charge in [0.15, 0.2) is 18.1 Å². The number of ether oxygens (including phenoxy) is 2. The van der Waals surface area contributed by atoms with Gasteiger partial charge in [-0.1, -0.05) is 19.1 Å². The van der Waals surface area contributed by atoms with Crippen LogP contribution in [-0.2, 0) is 16.0 Å². The number of aliphatic carboxylic acids is 1. The molecule has 1 saturated carbocycles. The van der Waals surface area contributed by atoms with Crippen molar-refractivity contribution < 1.29 is 24.2 Å². The van der Waals surface area contributed by atoms with Gasteiger partial charge >= 0.3 is 5.97 Å². The molecule has 25 heavy (non-hydrogen) atoms. The second kappa shape index (κ2) is 8.55. The van der Waals surface area contributed by atoms with E-state index in [0.29, 0.717) is 11.5 Å². The zero-order valence-electron chi connectivity index (χ0n) is 14.7. The van der Waals surface area contributed by atoms with Gasteiger partial charge in [-0.15, -0.1) is 6.58 Å². The Bertz CT molecular complexity index is 639. The Morgan fingerprint density at radius 1 is 1.40 bits per heavy atom. The Labute approximate surface area is 148 Å². The predicted molar refractivity (Wildman–Crippen MR) is 93.9 cm³/mol. The van der Waals surface area contributed by atoms with E-state index in [0.717, 1.165) is 24.8 Å². The highest BCUT2D eigenvalue weighted by molar-refractivity contribution is 5.79. The van der Waals surface area contributed by atoms with Crippen LogP contribution >= 0.6 is 0 Å². The lowest BCUT2D eigenvalue weighted by atomic mass is 10.1. The highest BCUT2D eigenvalue weighted by Crippen LogP contribution is 2.30. The number of allylic oxidation sites excluding steroid dienone is 1. The zero-order valence-corrected chi connectivity index (χ0v) is 14.7. The molecule has 0 spiro atoms. The average Bonchev–Trinajstić information content (AvgIpc) is 3.42. The monoisotopic (exact) mass is 347 g/mol. The number of rotatable bonds is 10. The summed E-state index contributed by atoms with van der Waals surface area (Å²) in [6.45, 7) is 5.38. The van der Waals surface area contributed by atoms with Crippen LogP contribution in [0.1, 0.15) is 25.3 Å². The van der Waals surface area contributed by atoms with Crippen LogP contribution in [0.3, 0.4) is 0 Å². The number of amides is 1. The van der Waals surface area contributed by atoms with E-state index >= 15 is 0 Å². The summed E-state index contributed by atoms with van der Waals surface area (Å²) in [5.74, 6) is -0.654. The first-order valence-electron chi connectivity index (χ1n) is 8.39. The van der Waals surface area contributed by atoms with Gasteiger partial charge in [0.1, 0.15) is 0 Å². The number of carbonyl (C=O) groups is 2. The molecule has 0 radical (unpaired) electrons. The van der Waals surface area contributed by atoms with Gasteiger partial charge in [0, 0.05) is 12.6 Å². The third-order valence-electron chi connectivity index (χ3n) is 4.16. The first-order valence-corrected chi connectivity index (χ1v) is 8.39. The summed E-state index contributed by atoms with van der Waals surface area (Å²) in [5.41, 5.74) is 1.04. The molecule has 0 aliphatic heterocycles. The van der Waals surface area contributed by atoms with Crippen molar-refractivity contribution in [3.05, 3.63) is 36.4 Å². The second-order valence-corrected chi connectivity index (χ2v) is 6.28. The molecule has 1 N–H and O–H groups in total. The number of methoxy groups -OCH3 is 1. The van der Waals surface area contributed by atoms with E-state index in [9.17, 15) is 9.59 Å². The first-order chi connectivity index (χ1) is 12.0. The van der Waals surface area contributed by atoms with E-state index in [1.807, 2.05) is 12.1 Å². The van der Waals surface area contributed by atoms with Crippen LogP contribution in [0.4, 0.5) is 0 Å². The molecular formula is C19H25NO5. The third-order valence-corrected chi connectivity index (χ3v) is 4.16. The molecule has 0 saturated heterocycles. The normalized spacial score (nSPS) is 14.5. The molecule has 1 fully saturated rings. The van der Waals surface area contributed by atoms with E-state index in [1.165, 1.54) is 0 Å². The Morgan fingerprint density at radius 2 is 2.12 bits per heavy atom. The molecule has 1 aliphatic carbocycles. The largest absolute Gasteiger partial charge is 0.493 e. The van der Waals surface area contributed by atoms with Crippen LogP contribution in [0.5, 0.6) is 11.5 Å². The van der Waals surface area contributed by atoms with Crippen molar-refractivity contribution in [1.82, 2.24) is 4.90 Å². The lowest BCUT2D eigenvalue weighted by Gasteiger charge is -2.24. The summed E-state index contributed by atoms with van der Waals surface area (Å²) < 4.78 is 11.0. The lowest BCUT2D eigenvalue weighted by Crippen LogP contribution is -2.41. The number of nitrogens with zero attached hydrogens (tertiary/aromatic N) is 1. The molecule has 1 aliphatic rings. The standard InChI is InChI=1S/C19H25NO5/c1-4-5-14-6-9-16(17(10-14)24-3)25-12-18(21)20(15-7-8-15)11-13(2)19(22)23/h4,6,9-10,13,15H,1,5,7-8,11-12H2,2-3H3,(H,22,23). The van der Waals surface area contributed by atoms with Gasteiger partial charge in [-0.05, 0) is 37.0 Å². The minimum Gasteiger partial charge on any atom is -0.493 e. The van der Waals surface area contributed by atoms with E-state index in [-0.39, 0.29) is 25.1 Å². The van der Waals surface area contributed by atoms with E-state index in [4.69, 9.17) is 14.6 Å². The maximum Gasteiger partial charge on any atom is 0.308 e. The molecule has 0 aromatic heterocycles. The van der Waals surface area contributed by atoms with Crippen LogP contribution < -0.4 is 9.47 Å². The fourth-order valence-electron chi connectivity index (χ4n) is 2.56. The molecule has 6 nitrogen and oxygen atoms in total. The molecule has 6 heteroatoms. The molecule has 0 heterocycles. The van der Waals surface area contributed by atoms with Crippen LogP contribution in [0.25, 0.3) is 0 Å². The summed E-state index contributed by atoms with van der Waals surface area (Å²) in [6.07, 6.45) is 4.35. The van der Waals surface area contributed by atoms with Crippen molar-refractivity contribution in [1.29, 1.82) is 0 Å². The Hall–Kier alpha value is -2.50. The number of carboxylic acids is 1. The minimum absolute atomic E-state index is 0.134. The molecule has 1 aromatic carbocycles. The highest BCUT2D eigenvalue weighted by atomic mass is 16.5. The SMILES string of the molecule is C=CCc1ccc(OCC(=O)N(CC(C)C(=O)O)C2CC2)c(OC)c1. The topological polar surface area (TPSA) is 76.1 Å². The first kappa shape index (κ1) is 18.8. The zero-order chi connectivity index (χ0) is 18.4. The molecule has 1 amide bonds. The summed E-state index contributed by atoms with van der Waals surface area (Å²) in [4.78, 5) is 25.2. The van der Waals surface area contributed by atoms with Crippen LogP contribution in [0.15, 0.2) is 30.9 Å². The molecule has 136 valence electrons. The van der Waals surface area contributed by atoms with Gasteiger partial charge in [0.2, 0.25) is 0 Å². The quantitative estimate of drug-likeness (QED) is 0.658. The number of carboxylic acid groups (broad SMARTS) is 1. The second-order valence-electron chi connectivity index (χ2n) is 6.28. The van der Waals surface area contributed by atoms with Crippen LogP contribution in [-0.4, -0.2) is 48.2 Å². The third kappa shape index (κ3) is 5.24. The van der Waals surface area contributed by atoms with E-state index in [2.05, 4.69) is 6.58 Å². The van der Waals surface area contributed by atoms with Crippen molar-refractivity contribution >= 4 is 11.9 Å². The van der Waals surface area contributed by atoms with Crippen molar-refractivity contribution in [3.8, 4) is 11.5 Å². The molecular weight excluding hydrogens is 322 g/mol. The van der Waals surface area contributed by atoms with Crippen molar-refractivity contribution in [2.45, 2.75) is 32.2 Å². The summed E-state index contributed by atoms with van der Waals surface area (Å²) in [5, 5.41) is 9.07. The summed E-state index contributed by atoms with van der Waals surface area (Å²) >= 11 is 0. The van der Waals surface area contributed by atoms with Gasteiger partial charge in [-0.25, -0.2) is 0 Å². The molecule has 1 unspecified atom stereocenters. The highest BCUT2D eigenvalue weighted by Gasteiger charge is 2.34. The Balaban J connectivity index is 2.00. The van der Waals surface area contributed by atoms with Gasteiger partial charge in [-0.2, -0.15) is 0 Å². The van der Waals surface area contributed by atoms with Gasteiger partial charge in [0.25, 0.3) is 5.91 Å². The summed E-state index contributed by atoms with van der Waals surface area (Å²) in [7, 11) is 1.55. The summed E-state index contributed by atoms with van der Waals surface area (Å²) in [6, 6.07) is 5.66. The van der Waals surface area contributed by atoms with Crippen LogP contribution in [0, 0.1) is 5.92 Å². The van der Waals surface area contributed by atoms with Crippen LogP contribution in [0.2, 0.25) is 0 Å². The van der Waals surface area contributed by atoms with E-state index < -0.39 is 11.9 Å². The molecule has 1 atom stereocenters. The number of hydrogen-bond acceptors (Lipinski definition) is 4. The van der Waals surface area contributed by atoms with Crippen molar-refractivity contribution in [3.63, 3.8) is 0 Å². The average molecular weight is 347 g/mol. The molecule has 0 bridgehead atoms. The van der Waals surface area contributed by atoms with Crippen molar-refractivity contribution in [2.75, 3.05) is 20.3 Å². The molecule has 1 aromatic rings. The maximum absolute atomic E-state index is 12.5. The van der Waals surface area contributed by atoms with Gasteiger partial charge in [-0.3, -0.25) is 9.59 Å². The maximum atomic E-state index is 12.5. The smallest absolute Gasteiger partial charge is 0.308 e. The Kier molecular flexibility index (Phi) is 6.44. The number of hydrogen-bond donors (Lipinski definition) is 1.